The average molecular weight is 413 g/mol. The minimum atomic E-state index is -0.659. The van der Waals surface area contributed by atoms with Gasteiger partial charge in [0, 0.05) is 38.2 Å². The van der Waals surface area contributed by atoms with E-state index >= 15 is 0 Å². The predicted molar refractivity (Wildman–Crippen MR) is 115 cm³/mol. The zero-order chi connectivity index (χ0) is 21.3. The average Bonchev–Trinajstić information content (AvgIpc) is 3.07. The maximum absolute atomic E-state index is 13.1. The molecule has 162 valence electrons. The lowest BCUT2D eigenvalue weighted by Crippen LogP contribution is -2.58. The van der Waals surface area contributed by atoms with Crippen LogP contribution in [0.25, 0.3) is 0 Å². The van der Waals surface area contributed by atoms with Gasteiger partial charge in [-0.3, -0.25) is 14.4 Å². The second kappa shape index (κ2) is 8.28. The molecule has 2 atom stereocenters. The number of benzene rings is 1. The zero-order valence-corrected chi connectivity index (χ0v) is 18.0. The van der Waals surface area contributed by atoms with Crippen molar-refractivity contribution in [2.45, 2.75) is 70.5 Å². The Morgan fingerprint density at radius 3 is 2.50 bits per heavy atom. The highest BCUT2D eigenvalue weighted by Gasteiger charge is 2.42. The Balaban J connectivity index is 1.49. The Hall–Kier alpha value is -2.57. The number of hydrogen-bond donors (Lipinski definition) is 2. The number of rotatable bonds is 2. The lowest BCUT2D eigenvalue weighted by atomic mass is 9.94. The number of hydrogen-bond acceptors (Lipinski definition) is 4. The molecule has 0 saturated carbocycles. The van der Waals surface area contributed by atoms with E-state index in [0.29, 0.717) is 31.4 Å². The first-order valence-electron chi connectivity index (χ1n) is 11.2. The summed E-state index contributed by atoms with van der Waals surface area (Å²) in [5.41, 5.74) is 1.86. The van der Waals surface area contributed by atoms with E-state index in [2.05, 4.69) is 10.6 Å². The molecular weight excluding hydrogens is 380 g/mol. The molecule has 7 nitrogen and oxygen atoms in total. The van der Waals surface area contributed by atoms with Crippen LogP contribution in [0.3, 0.4) is 0 Å². The van der Waals surface area contributed by atoms with Gasteiger partial charge in [0.2, 0.25) is 11.8 Å². The lowest BCUT2D eigenvalue weighted by molar-refractivity contribution is -0.144. The van der Waals surface area contributed by atoms with Crippen LogP contribution in [0.1, 0.15) is 67.8 Å². The Morgan fingerprint density at radius 2 is 1.77 bits per heavy atom. The fraction of sp³-hybridized carbons (Fsp3) is 0.609. The van der Waals surface area contributed by atoms with Gasteiger partial charge in [-0.25, -0.2) is 0 Å². The third-order valence-electron chi connectivity index (χ3n) is 6.75. The van der Waals surface area contributed by atoms with Crippen molar-refractivity contribution in [2.24, 2.45) is 0 Å². The van der Waals surface area contributed by atoms with Crippen molar-refractivity contribution >= 4 is 23.4 Å². The van der Waals surface area contributed by atoms with Crippen LogP contribution in [0.2, 0.25) is 0 Å². The summed E-state index contributed by atoms with van der Waals surface area (Å²) in [7, 11) is 0. The molecule has 0 unspecified atom stereocenters. The van der Waals surface area contributed by atoms with Crippen molar-refractivity contribution in [3.63, 3.8) is 0 Å². The van der Waals surface area contributed by atoms with Gasteiger partial charge < -0.3 is 20.4 Å². The highest BCUT2D eigenvalue weighted by Crippen LogP contribution is 2.32. The molecule has 4 rings (SSSR count). The molecule has 7 heteroatoms. The minimum Gasteiger partial charge on any atom is -0.362 e. The molecule has 3 heterocycles. The van der Waals surface area contributed by atoms with Crippen molar-refractivity contribution in [3.8, 4) is 0 Å². The van der Waals surface area contributed by atoms with Gasteiger partial charge in [0.1, 0.15) is 11.7 Å². The monoisotopic (exact) mass is 412 g/mol. The maximum Gasteiger partial charge on any atom is 0.255 e. The Bertz CT molecular complexity index is 847. The summed E-state index contributed by atoms with van der Waals surface area (Å²) in [5, 5.41) is 6.60. The quantitative estimate of drug-likeness (QED) is 0.782. The number of nitrogens with zero attached hydrogens (tertiary/aromatic N) is 2. The summed E-state index contributed by atoms with van der Waals surface area (Å²) >= 11 is 0. The molecule has 1 spiro atoms. The van der Waals surface area contributed by atoms with E-state index in [1.54, 1.807) is 4.90 Å². The molecule has 30 heavy (non-hydrogen) atoms. The van der Waals surface area contributed by atoms with Crippen LogP contribution < -0.4 is 10.6 Å². The normalized spacial score (nSPS) is 25.7. The molecule has 2 fully saturated rings. The highest BCUT2D eigenvalue weighted by molar-refractivity contribution is 6.02. The molecule has 2 N–H and O–H groups in total. The van der Waals surface area contributed by atoms with Crippen LogP contribution in [-0.4, -0.2) is 58.9 Å². The van der Waals surface area contributed by atoms with Crippen LogP contribution in [0.4, 0.5) is 5.69 Å². The second-order valence-electron chi connectivity index (χ2n) is 8.96. The van der Waals surface area contributed by atoms with Gasteiger partial charge in [-0.05, 0) is 50.8 Å². The fourth-order valence-electron chi connectivity index (χ4n) is 4.91. The molecule has 0 aromatic heterocycles. The summed E-state index contributed by atoms with van der Waals surface area (Å²) in [6.07, 6.45) is 5.76. The standard InChI is InChI=1S/C23H32N4O3/c1-16-7-8-18-19(15-16)24-23(25-21(18)29)10-9-20(28)27(14-11-23)17(2)22(30)26-12-5-3-4-6-13-26/h7-8,15,17,24H,3-6,9-14H2,1-2H3,(H,25,29)/t17-,23+/m0/s1. The largest absolute Gasteiger partial charge is 0.362 e. The van der Waals surface area contributed by atoms with E-state index in [4.69, 9.17) is 0 Å². The molecule has 0 bridgehead atoms. The Morgan fingerprint density at radius 1 is 1.03 bits per heavy atom. The summed E-state index contributed by atoms with van der Waals surface area (Å²) in [6, 6.07) is 5.26. The van der Waals surface area contributed by atoms with Gasteiger partial charge in [0.25, 0.3) is 5.91 Å². The molecule has 2 saturated heterocycles. The Kier molecular flexibility index (Phi) is 5.71. The number of carbonyl (C=O) groups excluding carboxylic acids is 3. The Labute approximate surface area is 178 Å². The molecule has 0 aliphatic carbocycles. The molecule has 0 radical (unpaired) electrons. The smallest absolute Gasteiger partial charge is 0.255 e. The van der Waals surface area contributed by atoms with Crippen LogP contribution in [0.15, 0.2) is 18.2 Å². The summed E-state index contributed by atoms with van der Waals surface area (Å²) in [4.78, 5) is 42.4. The molecule has 3 aliphatic heterocycles. The van der Waals surface area contributed by atoms with E-state index in [9.17, 15) is 14.4 Å². The van der Waals surface area contributed by atoms with E-state index in [1.165, 1.54) is 0 Å². The summed E-state index contributed by atoms with van der Waals surface area (Å²) in [5.74, 6) is -0.0882. The van der Waals surface area contributed by atoms with Crippen molar-refractivity contribution in [3.05, 3.63) is 29.3 Å². The van der Waals surface area contributed by atoms with Gasteiger partial charge in [-0.2, -0.15) is 0 Å². The third-order valence-corrected chi connectivity index (χ3v) is 6.75. The second-order valence-corrected chi connectivity index (χ2v) is 8.96. The topological polar surface area (TPSA) is 81.8 Å². The zero-order valence-electron chi connectivity index (χ0n) is 18.0. The number of aryl methyl sites for hydroxylation is 1. The SMILES string of the molecule is Cc1ccc2c(c1)N[C@]1(CCC(=O)N([C@@H](C)C(=O)N3CCCCCC3)CC1)NC2=O. The number of likely N-dealkylation sites (tertiary alicyclic amines) is 2. The van der Waals surface area contributed by atoms with Crippen LogP contribution >= 0.6 is 0 Å². The van der Waals surface area contributed by atoms with E-state index in [1.807, 2.05) is 36.9 Å². The van der Waals surface area contributed by atoms with Crippen LogP contribution in [-0.2, 0) is 9.59 Å². The van der Waals surface area contributed by atoms with Crippen LogP contribution in [0, 0.1) is 6.92 Å². The van der Waals surface area contributed by atoms with Gasteiger partial charge in [-0.1, -0.05) is 18.9 Å². The number of carbonyl (C=O) groups is 3. The number of fused-ring (bicyclic) bond motifs is 1. The highest BCUT2D eigenvalue weighted by atomic mass is 16.2. The molecule has 3 aliphatic rings. The van der Waals surface area contributed by atoms with E-state index in [0.717, 1.165) is 50.0 Å². The number of nitrogens with one attached hydrogen (secondary N) is 2. The van der Waals surface area contributed by atoms with Crippen molar-refractivity contribution < 1.29 is 14.4 Å². The number of anilines is 1. The van der Waals surface area contributed by atoms with Gasteiger partial charge in [0.05, 0.1) is 5.56 Å². The first kappa shape index (κ1) is 20.7. The summed E-state index contributed by atoms with van der Waals surface area (Å²) < 4.78 is 0. The first-order chi connectivity index (χ1) is 14.4. The minimum absolute atomic E-state index is 0.0198. The molecular formula is C23H32N4O3. The maximum atomic E-state index is 13.1. The van der Waals surface area contributed by atoms with Gasteiger partial charge in [-0.15, -0.1) is 0 Å². The van der Waals surface area contributed by atoms with Crippen LogP contribution in [0.5, 0.6) is 0 Å². The van der Waals surface area contributed by atoms with E-state index in [-0.39, 0.29) is 17.7 Å². The molecule has 3 amide bonds. The van der Waals surface area contributed by atoms with E-state index < -0.39 is 11.7 Å². The van der Waals surface area contributed by atoms with Crippen molar-refractivity contribution in [1.29, 1.82) is 0 Å². The van der Waals surface area contributed by atoms with Gasteiger partial charge in [0.15, 0.2) is 0 Å². The molecule has 1 aromatic rings. The first-order valence-corrected chi connectivity index (χ1v) is 11.2. The van der Waals surface area contributed by atoms with Gasteiger partial charge >= 0.3 is 0 Å². The summed E-state index contributed by atoms with van der Waals surface area (Å²) in [6.45, 7) is 5.84. The number of amides is 3. The van der Waals surface area contributed by atoms with Crippen molar-refractivity contribution in [1.82, 2.24) is 15.1 Å². The lowest BCUT2D eigenvalue weighted by Gasteiger charge is -2.40. The fourth-order valence-corrected chi connectivity index (χ4v) is 4.91. The third kappa shape index (κ3) is 4.02. The predicted octanol–water partition coefficient (Wildman–Crippen LogP) is 2.65. The molecule has 1 aromatic carbocycles. The van der Waals surface area contributed by atoms with Crippen molar-refractivity contribution in [2.75, 3.05) is 25.0 Å².